The maximum absolute atomic E-state index is 12.4. The van der Waals surface area contributed by atoms with Gasteiger partial charge in [0, 0.05) is 9.17 Å². The minimum atomic E-state index is -0.269. The fourth-order valence-corrected chi connectivity index (χ4v) is 3.90. The molecule has 0 aliphatic rings. The highest BCUT2D eigenvalue weighted by atomic mass is 79.9. The van der Waals surface area contributed by atoms with E-state index in [4.69, 9.17) is 0 Å². The molecule has 0 spiro atoms. The van der Waals surface area contributed by atoms with Gasteiger partial charge in [0.1, 0.15) is 0 Å². The molecule has 1 heterocycles. The van der Waals surface area contributed by atoms with Gasteiger partial charge in [-0.2, -0.15) is 0 Å². The summed E-state index contributed by atoms with van der Waals surface area (Å²) >= 11 is 4.81. The number of carbonyl (C=O) groups excluding carboxylic acids is 2. The Hall–Kier alpha value is -2.18. The summed E-state index contributed by atoms with van der Waals surface area (Å²) in [6.45, 7) is 1.85. The second-order valence-electron chi connectivity index (χ2n) is 5.26. The Bertz CT molecular complexity index is 920. The van der Waals surface area contributed by atoms with E-state index in [2.05, 4.69) is 26.6 Å². The van der Waals surface area contributed by atoms with Gasteiger partial charge < -0.3 is 10.6 Å². The largest absolute Gasteiger partial charge is 0.342 e. The Morgan fingerprint density at radius 1 is 1.08 bits per heavy atom. The first-order valence-corrected chi connectivity index (χ1v) is 8.98. The first kappa shape index (κ1) is 16.7. The number of carbonyl (C=O) groups is 2. The van der Waals surface area contributed by atoms with Crippen molar-refractivity contribution in [2.24, 2.45) is 0 Å². The minimum Gasteiger partial charge on any atom is -0.342 e. The van der Waals surface area contributed by atoms with Crippen LogP contribution in [-0.4, -0.2) is 18.4 Å². The van der Waals surface area contributed by atoms with Crippen LogP contribution in [0.5, 0.6) is 0 Å². The highest BCUT2D eigenvalue weighted by Gasteiger charge is 2.16. The van der Waals surface area contributed by atoms with Gasteiger partial charge in [-0.25, -0.2) is 0 Å². The standard InChI is InChI=1S/C18H15BrN2O2S/c1-11-12-6-2-5-9-15(12)24-17(11)18(23)20-10-16(22)21-14-8-4-3-7-13(14)19/h2-9H,10H2,1H3,(H,20,23)(H,21,22). The lowest BCUT2D eigenvalue weighted by Gasteiger charge is -2.08. The molecule has 0 aliphatic heterocycles. The van der Waals surface area contributed by atoms with E-state index in [1.165, 1.54) is 11.3 Å². The maximum Gasteiger partial charge on any atom is 0.262 e. The fourth-order valence-electron chi connectivity index (χ4n) is 2.39. The zero-order chi connectivity index (χ0) is 17.1. The van der Waals surface area contributed by atoms with Gasteiger partial charge >= 0.3 is 0 Å². The second kappa shape index (κ2) is 7.15. The number of anilines is 1. The first-order chi connectivity index (χ1) is 11.6. The zero-order valence-electron chi connectivity index (χ0n) is 12.9. The van der Waals surface area contributed by atoms with Crippen LogP contribution in [0.25, 0.3) is 10.1 Å². The molecular weight excluding hydrogens is 388 g/mol. The fraction of sp³-hybridized carbons (Fsp3) is 0.111. The normalized spacial score (nSPS) is 10.6. The van der Waals surface area contributed by atoms with Gasteiger partial charge in [-0.1, -0.05) is 30.3 Å². The molecule has 4 nitrogen and oxygen atoms in total. The number of benzene rings is 2. The van der Waals surface area contributed by atoms with E-state index in [0.29, 0.717) is 10.6 Å². The van der Waals surface area contributed by atoms with Crippen LogP contribution in [0.3, 0.4) is 0 Å². The monoisotopic (exact) mass is 402 g/mol. The Morgan fingerprint density at radius 3 is 2.54 bits per heavy atom. The summed E-state index contributed by atoms with van der Waals surface area (Å²) in [6, 6.07) is 15.2. The number of hydrogen-bond donors (Lipinski definition) is 2. The molecule has 0 atom stereocenters. The molecule has 1 aromatic heterocycles. The third-order valence-electron chi connectivity index (χ3n) is 3.61. The molecule has 6 heteroatoms. The molecule has 0 radical (unpaired) electrons. The van der Waals surface area contributed by atoms with Gasteiger partial charge in [0.15, 0.2) is 0 Å². The molecule has 0 fully saturated rings. The molecule has 0 unspecified atom stereocenters. The van der Waals surface area contributed by atoms with Crippen LogP contribution in [0.15, 0.2) is 53.0 Å². The Kier molecular flexibility index (Phi) is 4.97. The average Bonchev–Trinajstić information content (AvgIpc) is 2.92. The van der Waals surface area contributed by atoms with Crippen LogP contribution >= 0.6 is 27.3 Å². The molecule has 0 aliphatic carbocycles. The molecule has 3 rings (SSSR count). The van der Waals surface area contributed by atoms with E-state index in [1.54, 1.807) is 6.07 Å². The van der Waals surface area contributed by atoms with Gasteiger partial charge in [-0.3, -0.25) is 9.59 Å². The summed E-state index contributed by atoms with van der Waals surface area (Å²) in [6.07, 6.45) is 0. The third kappa shape index (κ3) is 3.49. The molecule has 0 bridgehead atoms. The number of nitrogens with one attached hydrogen (secondary N) is 2. The van der Waals surface area contributed by atoms with E-state index >= 15 is 0 Å². The molecular formula is C18H15BrN2O2S. The molecule has 24 heavy (non-hydrogen) atoms. The predicted octanol–water partition coefficient (Wildman–Crippen LogP) is 4.34. The molecule has 2 N–H and O–H groups in total. The highest BCUT2D eigenvalue weighted by molar-refractivity contribution is 9.10. The zero-order valence-corrected chi connectivity index (χ0v) is 15.3. The number of rotatable bonds is 4. The summed E-state index contributed by atoms with van der Waals surface area (Å²) in [5, 5.41) is 6.52. The lowest BCUT2D eigenvalue weighted by atomic mass is 10.1. The Morgan fingerprint density at radius 2 is 1.79 bits per heavy atom. The third-order valence-corrected chi connectivity index (χ3v) is 5.57. The predicted molar refractivity (Wildman–Crippen MR) is 102 cm³/mol. The quantitative estimate of drug-likeness (QED) is 0.681. The van der Waals surface area contributed by atoms with Gasteiger partial charge in [-0.05, 0) is 52.0 Å². The van der Waals surface area contributed by atoms with E-state index < -0.39 is 0 Å². The molecule has 0 saturated heterocycles. The van der Waals surface area contributed by atoms with Gasteiger partial charge in [0.05, 0.1) is 17.1 Å². The van der Waals surface area contributed by atoms with Crippen molar-refractivity contribution >= 4 is 54.9 Å². The van der Waals surface area contributed by atoms with E-state index in [9.17, 15) is 9.59 Å². The molecule has 3 aromatic rings. The van der Waals surface area contributed by atoms with Crippen molar-refractivity contribution in [3.05, 3.63) is 63.4 Å². The Labute approximate surface area is 152 Å². The second-order valence-corrected chi connectivity index (χ2v) is 7.17. The van der Waals surface area contributed by atoms with Crippen molar-refractivity contribution in [1.82, 2.24) is 5.32 Å². The van der Waals surface area contributed by atoms with Crippen LogP contribution in [0, 0.1) is 6.92 Å². The lowest BCUT2D eigenvalue weighted by Crippen LogP contribution is -2.32. The summed E-state index contributed by atoms with van der Waals surface area (Å²) in [4.78, 5) is 25.0. The molecule has 2 aromatic carbocycles. The van der Waals surface area contributed by atoms with Crippen molar-refractivity contribution in [3.8, 4) is 0 Å². The maximum atomic E-state index is 12.4. The van der Waals surface area contributed by atoms with Crippen LogP contribution in [0.1, 0.15) is 15.2 Å². The van der Waals surface area contributed by atoms with E-state index in [1.807, 2.05) is 49.4 Å². The van der Waals surface area contributed by atoms with Gasteiger partial charge in [0.2, 0.25) is 5.91 Å². The minimum absolute atomic E-state index is 0.0755. The van der Waals surface area contributed by atoms with Crippen LogP contribution in [0.4, 0.5) is 5.69 Å². The van der Waals surface area contributed by atoms with E-state index in [0.717, 1.165) is 20.1 Å². The number of amides is 2. The first-order valence-electron chi connectivity index (χ1n) is 7.37. The number of fused-ring (bicyclic) bond motifs is 1. The summed E-state index contributed by atoms with van der Waals surface area (Å²) < 4.78 is 1.86. The Balaban J connectivity index is 1.65. The van der Waals surface area contributed by atoms with Crippen molar-refractivity contribution in [3.63, 3.8) is 0 Å². The van der Waals surface area contributed by atoms with Crippen LogP contribution < -0.4 is 10.6 Å². The topological polar surface area (TPSA) is 58.2 Å². The summed E-state index contributed by atoms with van der Waals surface area (Å²) in [7, 11) is 0. The number of halogens is 1. The lowest BCUT2D eigenvalue weighted by molar-refractivity contribution is -0.115. The smallest absolute Gasteiger partial charge is 0.262 e. The van der Waals surface area contributed by atoms with Crippen molar-refractivity contribution < 1.29 is 9.59 Å². The van der Waals surface area contributed by atoms with Crippen molar-refractivity contribution in [2.45, 2.75) is 6.92 Å². The SMILES string of the molecule is Cc1c(C(=O)NCC(=O)Nc2ccccc2Br)sc2ccccc12. The number of para-hydroxylation sites is 1. The molecule has 2 amide bonds. The summed E-state index contributed by atoms with van der Waals surface area (Å²) in [5.41, 5.74) is 1.62. The van der Waals surface area contributed by atoms with Gasteiger partial charge in [-0.15, -0.1) is 11.3 Å². The number of aryl methyl sites for hydroxylation is 1. The summed E-state index contributed by atoms with van der Waals surface area (Å²) in [5.74, 6) is -0.495. The number of hydrogen-bond acceptors (Lipinski definition) is 3. The van der Waals surface area contributed by atoms with Crippen molar-refractivity contribution in [2.75, 3.05) is 11.9 Å². The highest BCUT2D eigenvalue weighted by Crippen LogP contribution is 2.30. The molecule has 122 valence electrons. The van der Waals surface area contributed by atoms with Crippen molar-refractivity contribution in [1.29, 1.82) is 0 Å². The number of thiophene rings is 1. The van der Waals surface area contributed by atoms with Crippen LogP contribution in [0.2, 0.25) is 0 Å². The van der Waals surface area contributed by atoms with Crippen LogP contribution in [-0.2, 0) is 4.79 Å². The van der Waals surface area contributed by atoms with E-state index in [-0.39, 0.29) is 18.4 Å². The average molecular weight is 403 g/mol. The van der Waals surface area contributed by atoms with Gasteiger partial charge in [0.25, 0.3) is 5.91 Å². The molecule has 0 saturated carbocycles.